The molecule has 1 N–H and O–H groups in total. The second-order valence-electron chi connectivity index (χ2n) is 6.26. The van der Waals surface area contributed by atoms with Crippen LogP contribution in [0.4, 0.5) is 5.95 Å². The number of rotatable bonds is 3. The van der Waals surface area contributed by atoms with Crippen molar-refractivity contribution in [2.24, 2.45) is 7.05 Å². The van der Waals surface area contributed by atoms with Crippen molar-refractivity contribution in [2.45, 2.75) is 31.7 Å². The molecule has 6 nitrogen and oxygen atoms in total. The summed E-state index contributed by atoms with van der Waals surface area (Å²) in [6.45, 7) is 2.24. The number of hydrogen-bond acceptors (Lipinski definition) is 6. The van der Waals surface area contributed by atoms with Gasteiger partial charge in [-0.3, -0.25) is 8.99 Å². The fraction of sp³-hybridized carbons (Fsp3) is 0.562. The molecule has 2 aliphatic rings. The first-order valence-electron chi connectivity index (χ1n) is 8.17. The quantitative estimate of drug-likeness (QED) is 0.870. The van der Waals surface area contributed by atoms with Crippen molar-refractivity contribution in [1.29, 1.82) is 0 Å². The number of fused-ring (bicyclic) bond motifs is 3. The standard InChI is InChI=1S/C16H22N6S/c1-21-10-13-14(20-21)4-3-11-9-17-16(19-15(11)13)18-12-5-7-22(23-2)8-6-12/h9-10,12H,3-8H2,1-2H3,(H,17,18,19). The summed E-state index contributed by atoms with van der Waals surface area (Å²) in [5.74, 6) is 0.753. The second kappa shape index (κ2) is 6.13. The number of anilines is 1. The third-order valence-corrected chi connectivity index (χ3v) is 5.58. The van der Waals surface area contributed by atoms with Gasteiger partial charge >= 0.3 is 0 Å². The van der Waals surface area contributed by atoms with Gasteiger partial charge in [0, 0.05) is 44.1 Å². The van der Waals surface area contributed by atoms with Gasteiger partial charge in [-0.05, 0) is 37.5 Å². The summed E-state index contributed by atoms with van der Waals surface area (Å²) in [6.07, 6.45) is 10.4. The van der Waals surface area contributed by atoms with Crippen LogP contribution < -0.4 is 5.32 Å². The van der Waals surface area contributed by atoms with Crippen molar-refractivity contribution < 1.29 is 0 Å². The molecule has 0 atom stereocenters. The molecule has 0 spiro atoms. The predicted octanol–water partition coefficient (Wildman–Crippen LogP) is 2.13. The maximum atomic E-state index is 4.81. The molecule has 2 aromatic heterocycles. The summed E-state index contributed by atoms with van der Waals surface area (Å²) >= 11 is 1.83. The fourth-order valence-corrected chi connectivity index (χ4v) is 4.00. The van der Waals surface area contributed by atoms with E-state index >= 15 is 0 Å². The van der Waals surface area contributed by atoms with Gasteiger partial charge in [-0.15, -0.1) is 0 Å². The van der Waals surface area contributed by atoms with Crippen LogP contribution in [-0.4, -0.2) is 49.4 Å². The topological polar surface area (TPSA) is 58.9 Å². The minimum atomic E-state index is 0.466. The van der Waals surface area contributed by atoms with Gasteiger partial charge in [0.25, 0.3) is 0 Å². The van der Waals surface area contributed by atoms with E-state index in [9.17, 15) is 0 Å². The lowest BCUT2D eigenvalue weighted by Crippen LogP contribution is -2.35. The minimum Gasteiger partial charge on any atom is -0.351 e. The maximum absolute atomic E-state index is 4.81. The van der Waals surface area contributed by atoms with Gasteiger partial charge in [0.15, 0.2) is 0 Å². The van der Waals surface area contributed by atoms with E-state index in [0.29, 0.717) is 6.04 Å². The van der Waals surface area contributed by atoms with Crippen LogP contribution in [-0.2, 0) is 19.9 Å². The second-order valence-corrected chi connectivity index (χ2v) is 7.14. The molecule has 1 aliphatic heterocycles. The van der Waals surface area contributed by atoms with Gasteiger partial charge < -0.3 is 5.32 Å². The van der Waals surface area contributed by atoms with E-state index in [1.165, 1.54) is 5.56 Å². The highest BCUT2D eigenvalue weighted by atomic mass is 32.2. The molecule has 7 heteroatoms. The largest absolute Gasteiger partial charge is 0.351 e. The highest BCUT2D eigenvalue weighted by molar-refractivity contribution is 7.96. The van der Waals surface area contributed by atoms with Crippen molar-refractivity contribution in [3.8, 4) is 11.3 Å². The van der Waals surface area contributed by atoms with Crippen LogP contribution in [0, 0.1) is 0 Å². The Morgan fingerprint density at radius 3 is 2.87 bits per heavy atom. The Labute approximate surface area is 140 Å². The molecular formula is C16H22N6S. The molecule has 3 heterocycles. The molecule has 0 amide bonds. The summed E-state index contributed by atoms with van der Waals surface area (Å²) in [5.41, 5.74) is 4.60. The van der Waals surface area contributed by atoms with Crippen LogP contribution in [0.1, 0.15) is 24.1 Å². The predicted molar refractivity (Wildman–Crippen MR) is 93.4 cm³/mol. The molecule has 2 aromatic rings. The molecule has 0 radical (unpaired) electrons. The smallest absolute Gasteiger partial charge is 0.223 e. The highest BCUT2D eigenvalue weighted by Gasteiger charge is 2.23. The maximum Gasteiger partial charge on any atom is 0.223 e. The van der Waals surface area contributed by atoms with E-state index in [4.69, 9.17) is 4.98 Å². The molecule has 0 unspecified atom stereocenters. The van der Waals surface area contributed by atoms with E-state index in [2.05, 4.69) is 32.2 Å². The molecule has 1 fully saturated rings. The average Bonchev–Trinajstić information content (AvgIpc) is 2.96. The number of piperidine rings is 1. The van der Waals surface area contributed by atoms with Crippen LogP contribution in [0.2, 0.25) is 0 Å². The Morgan fingerprint density at radius 2 is 2.09 bits per heavy atom. The summed E-state index contributed by atoms with van der Waals surface area (Å²) in [6, 6.07) is 0.466. The first-order valence-corrected chi connectivity index (χ1v) is 9.35. The summed E-state index contributed by atoms with van der Waals surface area (Å²) in [4.78, 5) is 9.34. The van der Waals surface area contributed by atoms with Gasteiger partial charge in [0.2, 0.25) is 5.95 Å². The van der Waals surface area contributed by atoms with Gasteiger partial charge in [-0.2, -0.15) is 5.10 Å². The van der Waals surface area contributed by atoms with Crippen LogP contribution >= 0.6 is 11.9 Å². The van der Waals surface area contributed by atoms with E-state index in [0.717, 1.165) is 61.7 Å². The number of aromatic nitrogens is 4. The lowest BCUT2D eigenvalue weighted by atomic mass is 9.95. The Kier molecular flexibility index (Phi) is 3.98. The summed E-state index contributed by atoms with van der Waals surface area (Å²) in [7, 11) is 1.97. The van der Waals surface area contributed by atoms with Crippen LogP contribution in [0.3, 0.4) is 0 Å². The number of hydrogen-bond donors (Lipinski definition) is 1. The Balaban J connectivity index is 1.54. The zero-order valence-electron chi connectivity index (χ0n) is 13.6. The van der Waals surface area contributed by atoms with Crippen molar-refractivity contribution in [3.05, 3.63) is 23.7 Å². The van der Waals surface area contributed by atoms with Gasteiger partial charge in [-0.1, -0.05) is 11.9 Å². The number of nitrogens with zero attached hydrogens (tertiary/aromatic N) is 5. The Morgan fingerprint density at radius 1 is 1.26 bits per heavy atom. The molecule has 1 aliphatic carbocycles. The SMILES string of the molecule is CSN1CCC(Nc2ncc3c(n2)-c2cn(C)nc2CC3)CC1. The van der Waals surface area contributed by atoms with Crippen LogP contribution in [0.5, 0.6) is 0 Å². The number of nitrogens with one attached hydrogen (secondary N) is 1. The molecule has 1 saturated heterocycles. The monoisotopic (exact) mass is 330 g/mol. The van der Waals surface area contributed by atoms with Crippen molar-refractivity contribution in [2.75, 3.05) is 24.7 Å². The van der Waals surface area contributed by atoms with E-state index < -0.39 is 0 Å². The molecule has 122 valence electrons. The molecule has 23 heavy (non-hydrogen) atoms. The summed E-state index contributed by atoms with van der Waals surface area (Å²) in [5, 5.41) is 8.07. The highest BCUT2D eigenvalue weighted by Crippen LogP contribution is 2.31. The third-order valence-electron chi connectivity index (χ3n) is 4.70. The van der Waals surface area contributed by atoms with E-state index in [1.807, 2.05) is 29.9 Å². The normalized spacial score (nSPS) is 18.5. The molecular weight excluding hydrogens is 308 g/mol. The summed E-state index contributed by atoms with van der Waals surface area (Å²) < 4.78 is 4.29. The Bertz CT molecular complexity index is 705. The van der Waals surface area contributed by atoms with E-state index in [1.54, 1.807) is 0 Å². The van der Waals surface area contributed by atoms with Crippen LogP contribution in [0.15, 0.2) is 12.4 Å². The lowest BCUT2D eigenvalue weighted by Gasteiger charge is -2.30. The van der Waals surface area contributed by atoms with Gasteiger partial charge in [-0.25, -0.2) is 9.97 Å². The first-order chi connectivity index (χ1) is 11.2. The van der Waals surface area contributed by atoms with Gasteiger partial charge in [0.1, 0.15) is 0 Å². The van der Waals surface area contributed by atoms with Crippen molar-refractivity contribution in [1.82, 2.24) is 24.1 Å². The van der Waals surface area contributed by atoms with Gasteiger partial charge in [0.05, 0.1) is 11.4 Å². The minimum absolute atomic E-state index is 0.466. The average molecular weight is 330 g/mol. The zero-order valence-corrected chi connectivity index (χ0v) is 14.4. The molecule has 0 aromatic carbocycles. The zero-order chi connectivity index (χ0) is 15.8. The molecule has 0 bridgehead atoms. The van der Waals surface area contributed by atoms with Crippen molar-refractivity contribution in [3.63, 3.8) is 0 Å². The van der Waals surface area contributed by atoms with Crippen LogP contribution in [0.25, 0.3) is 11.3 Å². The molecule has 0 saturated carbocycles. The molecule has 4 rings (SSSR count). The first kappa shape index (κ1) is 15.0. The van der Waals surface area contributed by atoms with Crippen molar-refractivity contribution >= 4 is 17.9 Å². The number of aryl methyl sites for hydroxylation is 3. The van der Waals surface area contributed by atoms with E-state index in [-0.39, 0.29) is 0 Å². The fourth-order valence-electron chi connectivity index (χ4n) is 3.43. The third kappa shape index (κ3) is 2.95. The lowest BCUT2D eigenvalue weighted by molar-refractivity contribution is 0.358. The Hall–Kier alpha value is -1.60.